The Morgan fingerprint density at radius 3 is 1.07 bits per heavy atom. The summed E-state index contributed by atoms with van der Waals surface area (Å²) >= 11 is 0. The van der Waals surface area contributed by atoms with Crippen LogP contribution in [0, 0.1) is 42.5 Å². The topological polar surface area (TPSA) is 0 Å². The quantitative estimate of drug-likeness (QED) is 0.484. The van der Waals surface area contributed by atoms with Crippen LogP contribution >= 0.6 is 0 Å². The molecule has 0 saturated heterocycles. The van der Waals surface area contributed by atoms with Crippen molar-refractivity contribution >= 4 is 0 Å². The molecule has 0 aromatic heterocycles. The van der Waals surface area contributed by atoms with Crippen LogP contribution < -0.4 is 0 Å². The summed E-state index contributed by atoms with van der Waals surface area (Å²) in [6.07, 6.45) is 0. The van der Waals surface area contributed by atoms with Gasteiger partial charge in [-0.25, -0.2) is 0 Å². The second-order valence-corrected chi connectivity index (χ2v) is 1.29. The normalized spacial score (nSPS) is 5.60. The molecule has 0 spiro atoms. The molecule has 0 heterocycles. The Morgan fingerprint density at radius 1 is 0.733 bits per heavy atom. The first-order valence-electron chi connectivity index (χ1n) is 2.48. The Bertz CT molecular complexity index is 116. The first-order chi connectivity index (χ1) is 4.73. The van der Waals surface area contributed by atoms with Gasteiger partial charge in [-0.15, -0.1) is 0 Å². The second kappa shape index (κ2) is 29.2. The van der Waals surface area contributed by atoms with Crippen molar-refractivity contribution in [1.82, 2.24) is 0 Å². The molecule has 0 saturated carbocycles. The van der Waals surface area contributed by atoms with E-state index >= 15 is 0 Å². The van der Waals surface area contributed by atoms with E-state index in [2.05, 4.69) is 6.07 Å². The molecule has 0 fully saturated rings. The zero-order valence-corrected chi connectivity index (χ0v) is 10.9. The van der Waals surface area contributed by atoms with Crippen LogP contribution in [-0.2, 0) is 20.4 Å². The molecule has 1 aromatic rings. The van der Waals surface area contributed by atoms with E-state index in [-0.39, 0.29) is 50.1 Å². The summed E-state index contributed by atoms with van der Waals surface area (Å²) in [5.74, 6) is 0. The third-order valence-corrected chi connectivity index (χ3v) is 0.607. The number of halogens is 3. The van der Waals surface area contributed by atoms with Crippen molar-refractivity contribution in [2.75, 3.05) is 0 Å². The monoisotopic (exact) mass is 312 g/mol. The van der Waals surface area contributed by atoms with Gasteiger partial charge >= 0.3 is 0 Å². The van der Waals surface area contributed by atoms with Crippen LogP contribution in [0.4, 0.5) is 13.2 Å². The molecule has 0 N–H and O–H groups in total. The van der Waals surface area contributed by atoms with E-state index in [1.165, 1.54) is 0 Å². The molecule has 4 heteroatoms. The Balaban J connectivity index is -0.0000000211. The fourth-order valence-electron chi connectivity index (χ4n) is 0.342. The molecule has 15 heavy (non-hydrogen) atoms. The first-order valence-corrected chi connectivity index (χ1v) is 2.48. The van der Waals surface area contributed by atoms with E-state index in [9.17, 15) is 13.2 Å². The standard InChI is InChI=1S/C6H5.CF3.4CH3.Pd/c1-2-4-6-5-3-1;2-1(3)4;;;;;/h1-5H;;4*1H3;/q6*-1;. The summed E-state index contributed by atoms with van der Waals surface area (Å²) in [6.45, 7) is -3.08. The van der Waals surface area contributed by atoms with Crippen molar-refractivity contribution in [3.05, 3.63) is 72.8 Å². The third kappa shape index (κ3) is 57.9. The average molecular weight is 313 g/mol. The molecule has 0 radical (unpaired) electrons. The van der Waals surface area contributed by atoms with Crippen molar-refractivity contribution < 1.29 is 33.6 Å². The fraction of sp³-hybridized carbons (Fsp3) is 0. The van der Waals surface area contributed by atoms with E-state index in [1.807, 2.05) is 30.3 Å². The number of rotatable bonds is 0. The summed E-state index contributed by atoms with van der Waals surface area (Å²) in [5.41, 5.74) is 0. The minimum absolute atomic E-state index is 0. The number of benzene rings is 1. The molecular weight excluding hydrogens is 296 g/mol. The van der Waals surface area contributed by atoms with Gasteiger partial charge in [-0.3, -0.25) is 0 Å². The zero-order chi connectivity index (χ0) is 7.82. The summed E-state index contributed by atoms with van der Waals surface area (Å²) < 4.78 is 28.8. The minimum Gasteiger partial charge on any atom is -0.385 e. The van der Waals surface area contributed by atoms with E-state index in [4.69, 9.17) is 0 Å². The van der Waals surface area contributed by atoms with Crippen LogP contribution in [0.15, 0.2) is 30.3 Å². The maximum atomic E-state index is 9.58. The largest absolute Gasteiger partial charge is 0.385 e. The van der Waals surface area contributed by atoms with Gasteiger partial charge in [0.15, 0.2) is 6.68 Å². The fourth-order valence-corrected chi connectivity index (χ4v) is 0.342. The molecule has 0 aliphatic heterocycles. The van der Waals surface area contributed by atoms with Crippen LogP contribution in [0.3, 0.4) is 0 Å². The molecule has 98 valence electrons. The molecular formula is C11H17F3Pd-6. The molecule has 0 aliphatic rings. The van der Waals surface area contributed by atoms with E-state index in [1.54, 1.807) is 0 Å². The van der Waals surface area contributed by atoms with E-state index < -0.39 is 6.68 Å². The van der Waals surface area contributed by atoms with Crippen LogP contribution in [0.5, 0.6) is 0 Å². The molecule has 0 nitrogen and oxygen atoms in total. The molecule has 0 aliphatic carbocycles. The maximum Gasteiger partial charge on any atom is 0.154 e. The van der Waals surface area contributed by atoms with Gasteiger partial charge < -0.3 is 42.9 Å². The van der Waals surface area contributed by atoms with E-state index in [0.717, 1.165) is 0 Å². The molecule has 1 aromatic carbocycles. The molecule has 0 unspecified atom stereocenters. The minimum atomic E-state index is -3.08. The molecule has 0 amide bonds. The second-order valence-electron chi connectivity index (χ2n) is 1.29. The van der Waals surface area contributed by atoms with Gasteiger partial charge in [0.2, 0.25) is 0 Å². The van der Waals surface area contributed by atoms with Gasteiger partial charge in [-0.1, -0.05) is 0 Å². The van der Waals surface area contributed by atoms with Crippen LogP contribution in [0.25, 0.3) is 0 Å². The number of hydrogen-bond acceptors (Lipinski definition) is 0. The van der Waals surface area contributed by atoms with Crippen molar-refractivity contribution in [3.63, 3.8) is 0 Å². The predicted molar refractivity (Wildman–Crippen MR) is 57.5 cm³/mol. The van der Waals surface area contributed by atoms with Crippen molar-refractivity contribution in [2.45, 2.75) is 0 Å². The number of hydrogen-bond donors (Lipinski definition) is 0. The molecule has 0 bridgehead atoms. The van der Waals surface area contributed by atoms with Crippen LogP contribution in [-0.4, -0.2) is 0 Å². The summed E-state index contributed by atoms with van der Waals surface area (Å²) in [6, 6.07) is 12.5. The van der Waals surface area contributed by atoms with Gasteiger partial charge in [0.1, 0.15) is 0 Å². The van der Waals surface area contributed by atoms with Crippen molar-refractivity contribution in [2.24, 2.45) is 0 Å². The Labute approximate surface area is 107 Å². The average Bonchev–Trinajstić information content (AvgIpc) is 1.90. The smallest absolute Gasteiger partial charge is 0.154 e. The van der Waals surface area contributed by atoms with Gasteiger partial charge in [-0.05, 0) is 0 Å². The zero-order valence-electron chi connectivity index (χ0n) is 9.34. The Morgan fingerprint density at radius 2 is 1.00 bits per heavy atom. The molecule has 0 atom stereocenters. The summed E-state index contributed by atoms with van der Waals surface area (Å²) in [7, 11) is 0. The predicted octanol–water partition coefficient (Wildman–Crippen LogP) is 4.63. The van der Waals surface area contributed by atoms with Crippen LogP contribution in [0.2, 0.25) is 0 Å². The third-order valence-electron chi connectivity index (χ3n) is 0.607. The Kier molecular flexibility index (Phi) is 71.0. The maximum absolute atomic E-state index is 9.58. The first kappa shape index (κ1) is 36.5. The molecule has 1 rings (SSSR count). The van der Waals surface area contributed by atoms with Crippen molar-refractivity contribution in [3.8, 4) is 0 Å². The van der Waals surface area contributed by atoms with Gasteiger partial charge in [0.25, 0.3) is 0 Å². The summed E-state index contributed by atoms with van der Waals surface area (Å²) in [5, 5.41) is 0. The SMILES string of the molecule is F[C-](F)F.[CH3-].[CH3-].[CH3-].[CH3-].[Pd].[c-]1ccccc1. The Hall–Kier alpha value is -0.328. The van der Waals surface area contributed by atoms with Gasteiger partial charge in [0, 0.05) is 20.4 Å². The van der Waals surface area contributed by atoms with Gasteiger partial charge in [0.05, 0.1) is 0 Å². The van der Waals surface area contributed by atoms with E-state index in [0.29, 0.717) is 0 Å². The summed E-state index contributed by atoms with van der Waals surface area (Å²) in [4.78, 5) is 0. The van der Waals surface area contributed by atoms with Crippen molar-refractivity contribution in [1.29, 1.82) is 0 Å². The van der Waals surface area contributed by atoms with Gasteiger partial charge in [-0.2, -0.15) is 36.4 Å². The van der Waals surface area contributed by atoms with Crippen LogP contribution in [0.1, 0.15) is 0 Å².